The normalized spacial score (nSPS) is 16.3. The molecule has 4 nitrogen and oxygen atoms in total. The lowest BCUT2D eigenvalue weighted by Crippen LogP contribution is -1.91. The molecule has 4 heteroatoms. The maximum absolute atomic E-state index is 4.64. The van der Waals surface area contributed by atoms with Gasteiger partial charge in [-0.05, 0) is 12.5 Å². The van der Waals surface area contributed by atoms with E-state index in [4.69, 9.17) is 0 Å². The monoisotopic (exact) mass is 226 g/mol. The lowest BCUT2D eigenvalue weighted by atomic mass is 10.1. The van der Waals surface area contributed by atoms with Gasteiger partial charge < -0.3 is 4.98 Å². The Bertz CT molecular complexity index is 555. The summed E-state index contributed by atoms with van der Waals surface area (Å²) in [6.45, 7) is 2.03. The van der Waals surface area contributed by atoms with Gasteiger partial charge in [0.05, 0.1) is 11.9 Å². The van der Waals surface area contributed by atoms with Crippen LogP contribution in [0.15, 0.2) is 30.5 Å². The largest absolute Gasteiger partial charge is 0.340 e. The number of H-pyrrole nitrogens is 2. The molecule has 0 amide bonds. The maximum Gasteiger partial charge on any atom is 0.156 e. The average Bonchev–Trinajstić information content (AvgIpc) is 2.85. The Morgan fingerprint density at radius 1 is 1.18 bits per heavy atom. The molecular formula is C13H14N4. The second kappa shape index (κ2) is 4.05. The Labute approximate surface area is 99.5 Å². The van der Waals surface area contributed by atoms with E-state index < -0.39 is 0 Å². The van der Waals surface area contributed by atoms with E-state index >= 15 is 0 Å². The number of aryl methyl sites for hydroxylation is 1. The maximum atomic E-state index is 4.64. The van der Waals surface area contributed by atoms with Gasteiger partial charge >= 0.3 is 0 Å². The highest BCUT2D eigenvalue weighted by atomic mass is 15.1. The predicted octanol–water partition coefficient (Wildman–Crippen LogP) is 2.32. The van der Waals surface area contributed by atoms with Gasteiger partial charge in [-0.3, -0.25) is 5.10 Å². The van der Waals surface area contributed by atoms with Crippen LogP contribution in [0.25, 0.3) is 11.5 Å². The Hall–Kier alpha value is -2.10. The first-order chi connectivity index (χ1) is 8.34. The van der Waals surface area contributed by atoms with Crippen molar-refractivity contribution < 1.29 is 0 Å². The fraction of sp³-hybridized carbons (Fsp3) is 0.231. The summed E-state index contributed by atoms with van der Waals surface area (Å²) in [6.07, 6.45) is 12.0. The fourth-order valence-electron chi connectivity index (χ4n) is 2.01. The van der Waals surface area contributed by atoms with Crippen LogP contribution in [0, 0.1) is 6.92 Å². The molecule has 2 aromatic rings. The van der Waals surface area contributed by atoms with Crippen LogP contribution < -0.4 is 0 Å². The summed E-state index contributed by atoms with van der Waals surface area (Å²) in [5, 5.41) is 7.01. The van der Waals surface area contributed by atoms with Crippen molar-refractivity contribution in [3.05, 3.63) is 47.5 Å². The van der Waals surface area contributed by atoms with E-state index in [-0.39, 0.29) is 0 Å². The van der Waals surface area contributed by atoms with E-state index in [2.05, 4.69) is 44.5 Å². The number of hydrogen-bond acceptors (Lipinski definition) is 2. The quantitative estimate of drug-likeness (QED) is 0.784. The van der Waals surface area contributed by atoms with Crippen molar-refractivity contribution in [1.82, 2.24) is 20.2 Å². The van der Waals surface area contributed by atoms with Gasteiger partial charge in [0, 0.05) is 18.5 Å². The molecular weight excluding hydrogens is 212 g/mol. The second-order valence-corrected chi connectivity index (χ2v) is 4.20. The zero-order chi connectivity index (χ0) is 11.7. The van der Waals surface area contributed by atoms with Crippen molar-refractivity contribution in [3.8, 4) is 11.5 Å². The minimum Gasteiger partial charge on any atom is -0.340 e. The highest BCUT2D eigenvalue weighted by Gasteiger charge is 2.13. The van der Waals surface area contributed by atoms with Crippen molar-refractivity contribution in [1.29, 1.82) is 0 Å². The van der Waals surface area contributed by atoms with Gasteiger partial charge in [0.15, 0.2) is 5.82 Å². The second-order valence-electron chi connectivity index (χ2n) is 4.20. The van der Waals surface area contributed by atoms with Crippen molar-refractivity contribution in [2.45, 2.75) is 19.8 Å². The van der Waals surface area contributed by atoms with E-state index in [1.54, 1.807) is 0 Å². The van der Waals surface area contributed by atoms with Gasteiger partial charge in [0.1, 0.15) is 5.69 Å². The molecule has 0 saturated heterocycles. The summed E-state index contributed by atoms with van der Waals surface area (Å²) in [5.74, 6) is 0.883. The molecule has 86 valence electrons. The predicted molar refractivity (Wildman–Crippen MR) is 66.6 cm³/mol. The third-order valence-corrected chi connectivity index (χ3v) is 2.95. The minimum absolute atomic E-state index is 0.878. The Balaban J connectivity index is 2.04. The number of imidazole rings is 1. The molecule has 0 saturated carbocycles. The van der Waals surface area contributed by atoms with Crippen LogP contribution in [-0.4, -0.2) is 20.2 Å². The molecule has 0 bridgehead atoms. The molecule has 2 N–H and O–H groups in total. The minimum atomic E-state index is 0.878. The van der Waals surface area contributed by atoms with Crippen LogP contribution in [0.4, 0.5) is 0 Å². The molecule has 0 radical (unpaired) electrons. The number of rotatable bonds is 1. The molecule has 0 atom stereocenters. The molecule has 0 unspecified atom stereocenters. The molecule has 3 rings (SSSR count). The van der Waals surface area contributed by atoms with Crippen LogP contribution in [0.1, 0.15) is 17.0 Å². The number of aromatic amines is 2. The number of nitrogens with zero attached hydrogens (tertiary/aromatic N) is 2. The highest BCUT2D eigenvalue weighted by Crippen LogP contribution is 2.20. The Kier molecular flexibility index (Phi) is 2.40. The van der Waals surface area contributed by atoms with Crippen molar-refractivity contribution in [2.24, 2.45) is 0 Å². The van der Waals surface area contributed by atoms with Gasteiger partial charge in [-0.2, -0.15) is 5.10 Å². The Morgan fingerprint density at radius 3 is 2.76 bits per heavy atom. The van der Waals surface area contributed by atoms with Crippen molar-refractivity contribution in [3.63, 3.8) is 0 Å². The number of hydrogen-bond donors (Lipinski definition) is 2. The summed E-state index contributed by atoms with van der Waals surface area (Å²) in [7, 11) is 0. The first-order valence-corrected chi connectivity index (χ1v) is 5.74. The molecule has 2 aromatic heterocycles. The molecule has 1 aliphatic carbocycles. The number of fused-ring (bicyclic) bond motifs is 1. The van der Waals surface area contributed by atoms with E-state index in [1.807, 2.05) is 13.1 Å². The van der Waals surface area contributed by atoms with Gasteiger partial charge in [-0.1, -0.05) is 24.3 Å². The average molecular weight is 226 g/mol. The molecule has 2 heterocycles. The van der Waals surface area contributed by atoms with Crippen LogP contribution in [0.3, 0.4) is 0 Å². The zero-order valence-corrected chi connectivity index (χ0v) is 9.70. The summed E-state index contributed by atoms with van der Waals surface area (Å²) in [5.41, 5.74) is 4.40. The topological polar surface area (TPSA) is 57.4 Å². The molecule has 0 fully saturated rings. The molecule has 1 aliphatic rings. The van der Waals surface area contributed by atoms with E-state index in [1.165, 1.54) is 5.69 Å². The standard InChI is InChI=1S/C13H14N4/c1-9-8-14-17-12(9)13-15-10-6-4-2-3-5-7-11(10)16-13/h2-5,8H,6-7H2,1H3,(H,14,17)(H,15,16)/b4-2-,5-3?. The van der Waals surface area contributed by atoms with Crippen LogP contribution in [-0.2, 0) is 12.8 Å². The van der Waals surface area contributed by atoms with E-state index in [9.17, 15) is 0 Å². The lowest BCUT2D eigenvalue weighted by molar-refractivity contribution is 1.06. The zero-order valence-electron chi connectivity index (χ0n) is 9.70. The van der Waals surface area contributed by atoms with Gasteiger partial charge in [0.25, 0.3) is 0 Å². The molecule has 0 aromatic carbocycles. The molecule has 0 aliphatic heterocycles. The molecule has 17 heavy (non-hydrogen) atoms. The first kappa shape index (κ1) is 10.1. The summed E-state index contributed by atoms with van der Waals surface area (Å²) in [6, 6.07) is 0. The summed E-state index contributed by atoms with van der Waals surface area (Å²) < 4.78 is 0. The van der Waals surface area contributed by atoms with Crippen LogP contribution in [0.5, 0.6) is 0 Å². The summed E-state index contributed by atoms with van der Waals surface area (Å²) in [4.78, 5) is 8.02. The summed E-state index contributed by atoms with van der Waals surface area (Å²) >= 11 is 0. The third kappa shape index (κ3) is 1.82. The number of allylic oxidation sites excluding steroid dienone is 4. The third-order valence-electron chi connectivity index (χ3n) is 2.95. The smallest absolute Gasteiger partial charge is 0.156 e. The first-order valence-electron chi connectivity index (χ1n) is 5.74. The SMILES string of the molecule is Cc1cn[nH]c1-c1nc2c([nH]1)CC=C/C=C\C2. The molecule has 0 spiro atoms. The van der Waals surface area contributed by atoms with Gasteiger partial charge in [-0.15, -0.1) is 0 Å². The lowest BCUT2D eigenvalue weighted by Gasteiger charge is -1.97. The Morgan fingerprint density at radius 2 is 2.00 bits per heavy atom. The highest BCUT2D eigenvalue weighted by molar-refractivity contribution is 5.55. The van der Waals surface area contributed by atoms with Crippen LogP contribution in [0.2, 0.25) is 0 Å². The van der Waals surface area contributed by atoms with E-state index in [0.717, 1.165) is 35.6 Å². The fourth-order valence-corrected chi connectivity index (χ4v) is 2.01. The van der Waals surface area contributed by atoms with Crippen molar-refractivity contribution >= 4 is 0 Å². The van der Waals surface area contributed by atoms with Crippen LogP contribution >= 0.6 is 0 Å². The number of aromatic nitrogens is 4. The van der Waals surface area contributed by atoms with Crippen molar-refractivity contribution in [2.75, 3.05) is 0 Å². The van der Waals surface area contributed by atoms with Gasteiger partial charge in [-0.25, -0.2) is 4.98 Å². The number of nitrogens with one attached hydrogen (secondary N) is 2. The van der Waals surface area contributed by atoms with E-state index in [0.29, 0.717) is 0 Å². The van der Waals surface area contributed by atoms with Gasteiger partial charge in [0.2, 0.25) is 0 Å².